The Morgan fingerprint density at radius 1 is 1.43 bits per heavy atom. The number of ketones is 2. The zero-order chi connectivity index (χ0) is 20.1. The van der Waals surface area contributed by atoms with Crippen LogP contribution in [0.15, 0.2) is 23.8 Å². The summed E-state index contributed by atoms with van der Waals surface area (Å²) in [4.78, 5) is 24.5. The van der Waals surface area contributed by atoms with Crippen LogP contribution in [0.1, 0.15) is 39.5 Å². The van der Waals surface area contributed by atoms with Gasteiger partial charge in [0.15, 0.2) is 22.8 Å². The first-order chi connectivity index (χ1) is 13.2. The number of hydrogen-bond acceptors (Lipinski definition) is 5. The van der Waals surface area contributed by atoms with Crippen LogP contribution in [-0.2, 0) is 19.1 Å². The van der Waals surface area contributed by atoms with E-state index >= 15 is 4.39 Å². The van der Waals surface area contributed by atoms with E-state index in [2.05, 4.69) is 0 Å². The van der Waals surface area contributed by atoms with Gasteiger partial charge in [-0.3, -0.25) is 9.59 Å². The van der Waals surface area contributed by atoms with Gasteiger partial charge in [-0.15, -0.1) is 0 Å². The topological polar surface area (TPSA) is 76.1 Å². The lowest BCUT2D eigenvalue weighted by atomic mass is 9.48. The smallest absolute Gasteiger partial charge is 0.193 e. The predicted molar refractivity (Wildman–Crippen MR) is 98.2 cm³/mol. The molecule has 0 aromatic rings. The second-order valence-corrected chi connectivity index (χ2v) is 9.50. The van der Waals surface area contributed by atoms with Crippen molar-refractivity contribution in [1.82, 2.24) is 0 Å². The molecule has 0 bridgehead atoms. The molecular weight excluding hydrogens is 363 g/mol. The van der Waals surface area contributed by atoms with E-state index in [4.69, 9.17) is 9.47 Å². The molecular formula is C22H27FO5. The molecule has 1 heterocycles. The number of ether oxygens (including phenoxy) is 2. The van der Waals surface area contributed by atoms with Gasteiger partial charge < -0.3 is 14.6 Å². The Morgan fingerprint density at radius 2 is 2.18 bits per heavy atom. The minimum Gasteiger partial charge on any atom is -0.388 e. The molecule has 4 fully saturated rings. The molecule has 0 aromatic heterocycles. The SMILES string of the molecule is CO[C@H]1C[C@]23O[C@]2(C(=O)CO)[C@H](C)C[C@H]3[C@@H]2CCC3=CC(=O)C=C[C@]3(C)[C@@]12F. The van der Waals surface area contributed by atoms with Crippen molar-refractivity contribution >= 4 is 11.6 Å². The first-order valence-corrected chi connectivity index (χ1v) is 10.2. The highest BCUT2D eigenvalue weighted by atomic mass is 19.1. The fourth-order valence-corrected chi connectivity index (χ4v) is 7.47. The van der Waals surface area contributed by atoms with E-state index in [9.17, 15) is 14.7 Å². The number of carbonyl (C=O) groups is 2. The van der Waals surface area contributed by atoms with Gasteiger partial charge in [0.2, 0.25) is 0 Å². The van der Waals surface area contributed by atoms with E-state index in [0.29, 0.717) is 25.7 Å². The summed E-state index contributed by atoms with van der Waals surface area (Å²) in [7, 11) is 1.51. The molecule has 5 aliphatic rings. The van der Waals surface area contributed by atoms with Crippen LogP contribution >= 0.6 is 0 Å². The molecule has 0 amide bonds. The summed E-state index contributed by atoms with van der Waals surface area (Å²) in [5, 5.41) is 9.53. The number of Topliss-reactive ketones (excluding diaryl/α,β-unsaturated/α-hetero) is 1. The highest BCUT2D eigenvalue weighted by Crippen LogP contribution is 2.76. The van der Waals surface area contributed by atoms with Crippen molar-refractivity contribution in [1.29, 1.82) is 0 Å². The highest BCUT2D eigenvalue weighted by molar-refractivity contribution is 6.01. The van der Waals surface area contributed by atoms with Crippen LogP contribution in [0.5, 0.6) is 0 Å². The van der Waals surface area contributed by atoms with Gasteiger partial charge in [-0.05, 0) is 50.2 Å². The minimum absolute atomic E-state index is 0.0646. The summed E-state index contributed by atoms with van der Waals surface area (Å²) >= 11 is 0. The van der Waals surface area contributed by atoms with Crippen molar-refractivity contribution in [3.05, 3.63) is 23.8 Å². The van der Waals surface area contributed by atoms with E-state index in [1.165, 1.54) is 13.2 Å². The van der Waals surface area contributed by atoms with Crippen molar-refractivity contribution in [3.8, 4) is 0 Å². The Morgan fingerprint density at radius 3 is 2.86 bits per heavy atom. The fourth-order valence-electron chi connectivity index (χ4n) is 7.47. The van der Waals surface area contributed by atoms with Gasteiger partial charge in [0.25, 0.3) is 0 Å². The zero-order valence-corrected chi connectivity index (χ0v) is 16.5. The highest BCUT2D eigenvalue weighted by Gasteiger charge is 2.87. The van der Waals surface area contributed by atoms with Crippen molar-refractivity contribution in [2.75, 3.05) is 13.7 Å². The van der Waals surface area contributed by atoms with Crippen LogP contribution in [0.4, 0.5) is 4.39 Å². The lowest BCUT2D eigenvalue weighted by Gasteiger charge is -2.60. The van der Waals surface area contributed by atoms with E-state index in [1.807, 2.05) is 13.8 Å². The number of carbonyl (C=O) groups excluding carboxylic acids is 2. The summed E-state index contributed by atoms with van der Waals surface area (Å²) in [5.41, 5.74) is -3.49. The minimum atomic E-state index is -1.68. The number of alkyl halides is 1. The van der Waals surface area contributed by atoms with Crippen molar-refractivity contribution in [3.63, 3.8) is 0 Å². The Balaban J connectivity index is 1.63. The van der Waals surface area contributed by atoms with Crippen LogP contribution in [-0.4, -0.2) is 53.4 Å². The summed E-state index contributed by atoms with van der Waals surface area (Å²) < 4.78 is 29.1. The average molecular weight is 390 g/mol. The Labute approximate surface area is 164 Å². The fraction of sp³-hybridized carbons (Fsp3) is 0.727. The van der Waals surface area contributed by atoms with Gasteiger partial charge in [-0.1, -0.05) is 18.6 Å². The number of allylic oxidation sites excluding steroid dienone is 4. The molecule has 0 radical (unpaired) electrons. The first kappa shape index (κ1) is 18.6. The lowest BCUT2D eigenvalue weighted by Crippen LogP contribution is -2.67. The summed E-state index contributed by atoms with van der Waals surface area (Å²) in [6.07, 6.45) is 6.27. The standard InChI is InChI=1S/C22H27FO5/c1-12-8-16-15-5-4-13-9-14(25)6-7-19(13,2)21(15,23)18(27-3)10-20(16)22(12,28-20)17(26)11-24/h6-7,9,12,15-16,18,24H,4-5,8,10-11H2,1-3H3/t12-,15+,16+,18+,19+,20-,21+,22+/m1/s1. The van der Waals surface area contributed by atoms with Crippen LogP contribution in [0.25, 0.3) is 0 Å². The molecule has 3 saturated carbocycles. The molecule has 0 unspecified atom stereocenters. The van der Waals surface area contributed by atoms with E-state index in [1.54, 1.807) is 12.2 Å². The van der Waals surface area contributed by atoms with Crippen molar-refractivity contribution in [2.45, 2.75) is 62.5 Å². The third-order valence-electron chi connectivity index (χ3n) is 8.74. The number of epoxide rings is 1. The molecule has 1 aliphatic heterocycles. The lowest BCUT2D eigenvalue weighted by molar-refractivity contribution is -0.189. The maximum absolute atomic E-state index is 17.2. The quantitative estimate of drug-likeness (QED) is 0.749. The van der Waals surface area contributed by atoms with E-state index in [-0.39, 0.29) is 29.3 Å². The van der Waals surface area contributed by atoms with Gasteiger partial charge >= 0.3 is 0 Å². The van der Waals surface area contributed by atoms with Gasteiger partial charge in [-0.25, -0.2) is 4.39 Å². The third-order valence-corrected chi connectivity index (χ3v) is 8.74. The number of hydrogen-bond donors (Lipinski definition) is 1. The number of aliphatic hydroxyl groups excluding tert-OH is 1. The van der Waals surface area contributed by atoms with Gasteiger partial charge in [0.1, 0.15) is 12.2 Å². The number of fused-ring (bicyclic) bond motifs is 4. The second kappa shape index (κ2) is 5.41. The van der Waals surface area contributed by atoms with Crippen molar-refractivity contribution in [2.24, 2.45) is 23.2 Å². The molecule has 28 heavy (non-hydrogen) atoms. The monoisotopic (exact) mass is 390 g/mol. The van der Waals surface area contributed by atoms with Gasteiger partial charge in [0.05, 0.1) is 6.10 Å². The molecule has 1 saturated heterocycles. The number of methoxy groups -OCH3 is 1. The van der Waals surface area contributed by atoms with Crippen LogP contribution in [0.2, 0.25) is 0 Å². The summed E-state index contributed by atoms with van der Waals surface area (Å²) in [5.74, 6) is -0.883. The molecule has 1 N–H and O–H groups in total. The molecule has 1 spiro atoms. The number of halogens is 1. The average Bonchev–Trinajstić information content (AvgIpc) is 3.28. The molecule has 5 nitrogen and oxygen atoms in total. The third kappa shape index (κ3) is 1.75. The maximum atomic E-state index is 17.2. The van der Waals surface area contributed by atoms with Crippen LogP contribution in [0.3, 0.4) is 0 Å². The molecule has 6 heteroatoms. The molecule has 4 aliphatic carbocycles. The van der Waals surface area contributed by atoms with Crippen LogP contribution in [0, 0.1) is 23.2 Å². The molecule has 8 atom stereocenters. The van der Waals surface area contributed by atoms with Crippen molar-refractivity contribution < 1.29 is 28.6 Å². The Bertz CT molecular complexity index is 835. The second-order valence-electron chi connectivity index (χ2n) is 9.50. The normalized spacial score (nSPS) is 53.6. The van der Waals surface area contributed by atoms with Crippen LogP contribution < -0.4 is 0 Å². The zero-order valence-electron chi connectivity index (χ0n) is 16.5. The predicted octanol–water partition coefficient (Wildman–Crippen LogP) is 2.32. The summed E-state index contributed by atoms with van der Waals surface area (Å²) in [6, 6.07) is 0. The number of aliphatic hydroxyl groups is 1. The Hall–Kier alpha value is -1.37. The summed E-state index contributed by atoms with van der Waals surface area (Å²) in [6.45, 7) is 3.28. The Kier molecular flexibility index (Phi) is 3.60. The van der Waals surface area contributed by atoms with E-state index in [0.717, 1.165) is 5.57 Å². The maximum Gasteiger partial charge on any atom is 0.193 e. The number of rotatable bonds is 3. The largest absolute Gasteiger partial charge is 0.388 e. The van der Waals surface area contributed by atoms with Gasteiger partial charge in [0, 0.05) is 24.9 Å². The van der Waals surface area contributed by atoms with Gasteiger partial charge in [-0.2, -0.15) is 0 Å². The first-order valence-electron chi connectivity index (χ1n) is 10.2. The molecule has 5 rings (SSSR count). The molecule has 152 valence electrons. The molecule has 0 aromatic carbocycles. The van der Waals surface area contributed by atoms with E-state index < -0.39 is 35.0 Å².